The molecular weight excluding hydrogens is 291 g/mol. The topological polar surface area (TPSA) is 43.6 Å². The molecule has 3 aromatic rings. The van der Waals surface area contributed by atoms with Gasteiger partial charge in [-0.15, -0.1) is 0 Å². The summed E-state index contributed by atoms with van der Waals surface area (Å²) >= 11 is 0. The lowest BCUT2D eigenvalue weighted by atomic mass is 10.1. The van der Waals surface area contributed by atoms with Crippen LogP contribution in [0.15, 0.2) is 30.3 Å². The number of hydrogen-bond acceptors (Lipinski definition) is 3. The maximum atomic E-state index is 12.5. The van der Waals surface area contributed by atoms with Crippen LogP contribution >= 0.6 is 0 Å². The van der Waals surface area contributed by atoms with E-state index in [9.17, 15) is 4.39 Å². The van der Waals surface area contributed by atoms with E-state index >= 15 is 0 Å². The van der Waals surface area contributed by atoms with Crippen molar-refractivity contribution in [1.82, 2.24) is 20.0 Å². The average molecular weight is 308 g/mol. The number of fused-ring (bicyclic) bond motifs is 1. The molecule has 0 bridgehead atoms. The van der Waals surface area contributed by atoms with Crippen LogP contribution in [0.3, 0.4) is 0 Å². The van der Waals surface area contributed by atoms with Crippen LogP contribution in [0.5, 0.6) is 0 Å². The normalized spacial score (nSPS) is 10.6. The van der Waals surface area contributed by atoms with Crippen molar-refractivity contribution < 1.29 is 4.39 Å². The van der Waals surface area contributed by atoms with E-state index in [4.69, 9.17) is 0 Å². The molecule has 0 fully saturated rings. The third-order valence-corrected chi connectivity index (χ3v) is 3.72. The second kappa shape index (κ2) is 6.57. The SMILES string of the molecule is Cc1ccc2nn(CCC#Cc3cccc(CF)n3)nc2c1C. The monoisotopic (exact) mass is 308 g/mol. The van der Waals surface area contributed by atoms with Gasteiger partial charge in [-0.05, 0) is 49.1 Å². The summed E-state index contributed by atoms with van der Waals surface area (Å²) in [6, 6.07) is 9.23. The van der Waals surface area contributed by atoms with E-state index in [2.05, 4.69) is 46.9 Å². The van der Waals surface area contributed by atoms with Gasteiger partial charge in [0.25, 0.3) is 0 Å². The van der Waals surface area contributed by atoms with Gasteiger partial charge in [-0.3, -0.25) is 0 Å². The van der Waals surface area contributed by atoms with Crippen LogP contribution in [0.2, 0.25) is 0 Å². The number of alkyl halides is 1. The highest BCUT2D eigenvalue weighted by molar-refractivity contribution is 5.78. The molecule has 0 atom stereocenters. The second-order valence-electron chi connectivity index (χ2n) is 5.37. The summed E-state index contributed by atoms with van der Waals surface area (Å²) in [4.78, 5) is 5.78. The molecule has 1 aromatic carbocycles. The lowest BCUT2D eigenvalue weighted by Gasteiger charge is -1.97. The van der Waals surface area contributed by atoms with Gasteiger partial charge in [0.2, 0.25) is 0 Å². The van der Waals surface area contributed by atoms with Gasteiger partial charge in [-0.25, -0.2) is 9.37 Å². The molecule has 0 aliphatic rings. The van der Waals surface area contributed by atoms with Crippen molar-refractivity contribution in [3.05, 3.63) is 52.8 Å². The Kier molecular flexibility index (Phi) is 4.33. The van der Waals surface area contributed by atoms with Crippen LogP contribution in [0.1, 0.15) is 28.9 Å². The van der Waals surface area contributed by atoms with Gasteiger partial charge in [0.05, 0.1) is 12.2 Å². The largest absolute Gasteiger partial charge is 0.244 e. The number of pyridine rings is 1. The van der Waals surface area contributed by atoms with Gasteiger partial charge < -0.3 is 0 Å². The van der Waals surface area contributed by atoms with Crippen molar-refractivity contribution in [1.29, 1.82) is 0 Å². The number of aryl methyl sites for hydroxylation is 3. The standard InChI is InChI=1S/C18H17FN4/c1-13-9-10-17-18(14(13)2)22-23(21-17)11-4-3-6-15-7-5-8-16(12-19)20-15/h5,7-10H,4,11-12H2,1-2H3. The summed E-state index contributed by atoms with van der Waals surface area (Å²) in [5.41, 5.74) is 5.21. The van der Waals surface area contributed by atoms with Gasteiger partial charge in [-0.2, -0.15) is 15.0 Å². The fourth-order valence-electron chi connectivity index (χ4n) is 2.29. The second-order valence-corrected chi connectivity index (χ2v) is 5.37. The van der Waals surface area contributed by atoms with E-state index in [0.29, 0.717) is 24.4 Å². The van der Waals surface area contributed by atoms with E-state index in [0.717, 1.165) is 16.6 Å². The molecule has 0 saturated carbocycles. The zero-order chi connectivity index (χ0) is 16.2. The quantitative estimate of drug-likeness (QED) is 0.697. The van der Waals surface area contributed by atoms with Crippen LogP contribution in [0.4, 0.5) is 4.39 Å². The van der Waals surface area contributed by atoms with Crippen molar-refractivity contribution in [2.45, 2.75) is 33.5 Å². The molecule has 0 aliphatic heterocycles. The van der Waals surface area contributed by atoms with Crippen molar-refractivity contribution in [2.24, 2.45) is 0 Å². The highest BCUT2D eigenvalue weighted by Crippen LogP contribution is 2.17. The molecule has 0 saturated heterocycles. The first-order valence-corrected chi connectivity index (χ1v) is 7.49. The molecule has 0 amide bonds. The van der Waals surface area contributed by atoms with E-state index in [1.165, 1.54) is 5.56 Å². The van der Waals surface area contributed by atoms with Crippen LogP contribution in [0, 0.1) is 25.7 Å². The maximum Gasteiger partial charge on any atom is 0.131 e. The Hall–Kier alpha value is -2.74. The molecule has 0 unspecified atom stereocenters. The summed E-state index contributed by atoms with van der Waals surface area (Å²) < 4.78 is 12.5. The predicted molar refractivity (Wildman–Crippen MR) is 87.5 cm³/mol. The van der Waals surface area contributed by atoms with Crippen LogP contribution in [0.25, 0.3) is 11.0 Å². The van der Waals surface area contributed by atoms with Gasteiger partial charge in [-0.1, -0.05) is 18.1 Å². The lowest BCUT2D eigenvalue weighted by molar-refractivity contribution is 0.476. The summed E-state index contributed by atoms with van der Waals surface area (Å²) in [7, 11) is 0. The molecule has 4 nitrogen and oxygen atoms in total. The molecule has 116 valence electrons. The Morgan fingerprint density at radius 3 is 2.83 bits per heavy atom. The summed E-state index contributed by atoms with van der Waals surface area (Å²) in [6.45, 7) is 4.17. The van der Waals surface area contributed by atoms with Gasteiger partial charge in [0.15, 0.2) is 0 Å². The molecule has 0 aliphatic carbocycles. The van der Waals surface area contributed by atoms with Crippen molar-refractivity contribution in [2.75, 3.05) is 0 Å². The van der Waals surface area contributed by atoms with Gasteiger partial charge >= 0.3 is 0 Å². The van der Waals surface area contributed by atoms with Crippen molar-refractivity contribution in [3.8, 4) is 11.8 Å². The van der Waals surface area contributed by atoms with E-state index < -0.39 is 6.67 Å². The number of nitrogens with zero attached hydrogens (tertiary/aromatic N) is 4. The van der Waals surface area contributed by atoms with E-state index in [1.807, 2.05) is 6.07 Å². The Morgan fingerprint density at radius 1 is 1.13 bits per heavy atom. The van der Waals surface area contributed by atoms with Gasteiger partial charge in [0.1, 0.15) is 23.4 Å². The molecular formula is C18H17FN4. The van der Waals surface area contributed by atoms with E-state index in [1.54, 1.807) is 23.0 Å². The number of hydrogen-bond donors (Lipinski definition) is 0. The maximum absolute atomic E-state index is 12.5. The smallest absolute Gasteiger partial charge is 0.131 e. The van der Waals surface area contributed by atoms with Crippen molar-refractivity contribution in [3.63, 3.8) is 0 Å². The Bertz CT molecular complexity index is 902. The Morgan fingerprint density at radius 2 is 2.00 bits per heavy atom. The summed E-state index contributed by atoms with van der Waals surface area (Å²) in [6.07, 6.45) is 0.612. The van der Waals surface area contributed by atoms with Crippen LogP contribution < -0.4 is 0 Å². The summed E-state index contributed by atoms with van der Waals surface area (Å²) in [5.74, 6) is 5.98. The molecule has 0 spiro atoms. The van der Waals surface area contributed by atoms with Crippen LogP contribution in [-0.2, 0) is 13.2 Å². The molecule has 0 N–H and O–H groups in total. The minimum atomic E-state index is -0.571. The Labute approximate surface area is 134 Å². The Balaban J connectivity index is 1.69. The number of aromatic nitrogens is 4. The first-order chi connectivity index (χ1) is 11.2. The highest BCUT2D eigenvalue weighted by atomic mass is 19.1. The average Bonchev–Trinajstić information content (AvgIpc) is 2.99. The fraction of sp³-hybridized carbons (Fsp3) is 0.278. The molecule has 0 radical (unpaired) electrons. The highest BCUT2D eigenvalue weighted by Gasteiger charge is 2.06. The van der Waals surface area contributed by atoms with E-state index in [-0.39, 0.29) is 0 Å². The van der Waals surface area contributed by atoms with Gasteiger partial charge in [0, 0.05) is 6.42 Å². The minimum Gasteiger partial charge on any atom is -0.244 e. The molecule has 2 aromatic heterocycles. The fourth-order valence-corrected chi connectivity index (χ4v) is 2.29. The van der Waals surface area contributed by atoms with Crippen molar-refractivity contribution >= 4 is 11.0 Å². The molecule has 3 rings (SSSR count). The molecule has 2 heterocycles. The summed E-state index contributed by atoms with van der Waals surface area (Å²) in [5, 5.41) is 8.98. The number of halogens is 1. The first kappa shape index (κ1) is 15.2. The first-order valence-electron chi connectivity index (χ1n) is 7.49. The lowest BCUT2D eigenvalue weighted by Crippen LogP contribution is -2.01. The predicted octanol–water partition coefficient (Wildman–Crippen LogP) is 3.35. The molecule has 5 heteroatoms. The zero-order valence-corrected chi connectivity index (χ0v) is 13.2. The third-order valence-electron chi connectivity index (χ3n) is 3.72. The third kappa shape index (κ3) is 3.37. The zero-order valence-electron chi connectivity index (χ0n) is 13.2. The number of rotatable bonds is 3. The number of benzene rings is 1. The van der Waals surface area contributed by atoms with Crippen LogP contribution in [-0.4, -0.2) is 20.0 Å². The minimum absolute atomic E-state index is 0.405. The molecule has 23 heavy (non-hydrogen) atoms.